The van der Waals surface area contributed by atoms with E-state index in [0.717, 1.165) is 6.42 Å². The van der Waals surface area contributed by atoms with Crippen LogP contribution in [0.25, 0.3) is 0 Å². The summed E-state index contributed by atoms with van der Waals surface area (Å²) in [5, 5.41) is 0. The summed E-state index contributed by atoms with van der Waals surface area (Å²) in [6.45, 7) is 0.553. The molecule has 1 heterocycles. The van der Waals surface area contributed by atoms with E-state index in [1.54, 1.807) is 6.07 Å². The van der Waals surface area contributed by atoms with Crippen molar-refractivity contribution in [1.29, 1.82) is 0 Å². The number of hydrogen-bond acceptors (Lipinski definition) is 3. The Kier molecular flexibility index (Phi) is 4.08. The third-order valence-corrected chi connectivity index (χ3v) is 4.78. The highest BCUT2D eigenvalue weighted by Gasteiger charge is 2.26. The quantitative estimate of drug-likeness (QED) is 0.784. The normalized spacial score (nSPS) is 17.7. The highest BCUT2D eigenvalue weighted by molar-refractivity contribution is 7.92. The van der Waals surface area contributed by atoms with Crippen molar-refractivity contribution in [3.05, 3.63) is 29.6 Å². The first-order chi connectivity index (χ1) is 9.04. The Bertz CT molecular complexity index is 632. The molecule has 1 aromatic carbocycles. The zero-order chi connectivity index (χ0) is 13.9. The fourth-order valence-corrected chi connectivity index (χ4v) is 3.62. The van der Waals surface area contributed by atoms with Crippen molar-refractivity contribution in [1.82, 2.24) is 0 Å². The van der Waals surface area contributed by atoms with Crippen molar-refractivity contribution < 1.29 is 12.8 Å². The van der Waals surface area contributed by atoms with E-state index >= 15 is 0 Å². The molecule has 2 rings (SSSR count). The first-order valence-corrected chi connectivity index (χ1v) is 7.64. The van der Waals surface area contributed by atoms with E-state index in [1.165, 1.54) is 16.4 Å². The van der Waals surface area contributed by atoms with Gasteiger partial charge in [-0.2, -0.15) is 0 Å². The minimum Gasteiger partial charge on any atom is -0.320 e. The highest BCUT2D eigenvalue weighted by atomic mass is 32.2. The Hall–Kier alpha value is -1.58. The van der Waals surface area contributed by atoms with Gasteiger partial charge in [0.15, 0.2) is 0 Å². The van der Waals surface area contributed by atoms with Crippen molar-refractivity contribution in [2.24, 2.45) is 5.73 Å². The second kappa shape index (κ2) is 5.59. The molecule has 1 fully saturated rings. The first-order valence-electron chi connectivity index (χ1n) is 6.03. The molecule has 0 bridgehead atoms. The SMILES string of the molecule is NCC#Cc1ccc(N2CCCCS2(=O)=O)cc1F. The molecule has 0 aromatic heterocycles. The predicted octanol–water partition coefficient (Wildman–Crippen LogP) is 1.07. The maximum atomic E-state index is 13.8. The number of nitrogens with two attached hydrogens (primary N) is 1. The molecule has 1 saturated heterocycles. The van der Waals surface area contributed by atoms with Crippen molar-refractivity contribution >= 4 is 15.7 Å². The average Bonchev–Trinajstić information content (AvgIpc) is 2.37. The summed E-state index contributed by atoms with van der Waals surface area (Å²) in [4.78, 5) is 0. The second-order valence-electron chi connectivity index (χ2n) is 4.27. The second-order valence-corrected chi connectivity index (χ2v) is 6.28. The predicted molar refractivity (Wildman–Crippen MR) is 72.7 cm³/mol. The summed E-state index contributed by atoms with van der Waals surface area (Å²) in [5.41, 5.74) is 5.81. The lowest BCUT2D eigenvalue weighted by Gasteiger charge is -2.28. The van der Waals surface area contributed by atoms with Crippen LogP contribution in [0.3, 0.4) is 0 Å². The van der Waals surface area contributed by atoms with Gasteiger partial charge in [-0.05, 0) is 31.0 Å². The van der Waals surface area contributed by atoms with Crippen LogP contribution in [0.15, 0.2) is 18.2 Å². The van der Waals surface area contributed by atoms with E-state index in [0.29, 0.717) is 18.7 Å². The highest BCUT2D eigenvalue weighted by Crippen LogP contribution is 2.25. The molecule has 0 atom stereocenters. The van der Waals surface area contributed by atoms with Gasteiger partial charge in [0.25, 0.3) is 0 Å². The van der Waals surface area contributed by atoms with Gasteiger partial charge in [-0.1, -0.05) is 11.8 Å². The number of hydrogen-bond donors (Lipinski definition) is 1. The van der Waals surface area contributed by atoms with Gasteiger partial charge in [-0.15, -0.1) is 0 Å². The van der Waals surface area contributed by atoms with Crippen LogP contribution < -0.4 is 10.0 Å². The maximum absolute atomic E-state index is 13.8. The van der Waals surface area contributed by atoms with Crippen molar-refractivity contribution in [2.45, 2.75) is 12.8 Å². The van der Waals surface area contributed by atoms with E-state index < -0.39 is 15.8 Å². The molecule has 0 unspecified atom stereocenters. The molecule has 2 N–H and O–H groups in total. The lowest BCUT2D eigenvalue weighted by molar-refractivity contribution is 0.574. The molecule has 1 aliphatic rings. The third kappa shape index (κ3) is 3.06. The van der Waals surface area contributed by atoms with Gasteiger partial charge >= 0.3 is 0 Å². The Morgan fingerprint density at radius 1 is 1.37 bits per heavy atom. The molecule has 102 valence electrons. The Labute approximate surface area is 112 Å². The van der Waals surface area contributed by atoms with Crippen LogP contribution in [0, 0.1) is 17.7 Å². The topological polar surface area (TPSA) is 63.4 Å². The molecule has 1 aliphatic heterocycles. The molecule has 4 nitrogen and oxygen atoms in total. The van der Waals surface area contributed by atoms with Gasteiger partial charge in [-0.3, -0.25) is 4.31 Å². The molecule has 0 saturated carbocycles. The fraction of sp³-hybridized carbons (Fsp3) is 0.385. The molecule has 0 aliphatic carbocycles. The molecule has 1 aromatic rings. The standard InChI is InChI=1S/C13H15FN2O2S/c14-13-10-12(6-5-11(13)4-3-7-15)16-8-1-2-9-19(16,17)18/h5-6,10H,1-2,7-9,15H2. The summed E-state index contributed by atoms with van der Waals surface area (Å²) in [6.07, 6.45) is 1.44. The van der Waals surface area contributed by atoms with Gasteiger partial charge in [0.05, 0.1) is 23.5 Å². The Morgan fingerprint density at radius 2 is 2.16 bits per heavy atom. The monoisotopic (exact) mass is 282 g/mol. The van der Waals surface area contributed by atoms with E-state index in [4.69, 9.17) is 5.73 Å². The minimum atomic E-state index is -3.31. The largest absolute Gasteiger partial charge is 0.320 e. The van der Waals surface area contributed by atoms with Gasteiger partial charge in [0.1, 0.15) is 5.82 Å². The van der Waals surface area contributed by atoms with E-state index in [2.05, 4.69) is 11.8 Å². The van der Waals surface area contributed by atoms with Crippen molar-refractivity contribution in [2.75, 3.05) is 23.1 Å². The molecule has 0 amide bonds. The van der Waals surface area contributed by atoms with Gasteiger partial charge in [0, 0.05) is 6.54 Å². The van der Waals surface area contributed by atoms with Crippen LogP contribution >= 0.6 is 0 Å². The average molecular weight is 282 g/mol. The smallest absolute Gasteiger partial charge is 0.235 e. The van der Waals surface area contributed by atoms with Gasteiger partial charge in [0.2, 0.25) is 10.0 Å². The zero-order valence-electron chi connectivity index (χ0n) is 10.4. The molecule has 0 radical (unpaired) electrons. The molecule has 19 heavy (non-hydrogen) atoms. The van der Waals surface area contributed by atoms with E-state index in [9.17, 15) is 12.8 Å². The number of nitrogens with zero attached hydrogens (tertiary/aromatic N) is 1. The van der Waals surface area contributed by atoms with Crippen molar-refractivity contribution in [3.8, 4) is 11.8 Å². The van der Waals surface area contributed by atoms with Crippen LogP contribution in [0.5, 0.6) is 0 Å². The van der Waals surface area contributed by atoms with Crippen LogP contribution in [-0.2, 0) is 10.0 Å². The first kappa shape index (κ1) is 13.8. The van der Waals surface area contributed by atoms with E-state index in [1.807, 2.05) is 0 Å². The number of sulfonamides is 1. The van der Waals surface area contributed by atoms with Crippen LogP contribution in [-0.4, -0.2) is 27.3 Å². The summed E-state index contributed by atoms with van der Waals surface area (Å²) in [6, 6.07) is 4.27. The number of halogens is 1. The number of rotatable bonds is 1. The summed E-state index contributed by atoms with van der Waals surface area (Å²) in [7, 11) is -3.31. The molecule has 6 heteroatoms. The van der Waals surface area contributed by atoms with Gasteiger partial charge in [-0.25, -0.2) is 12.8 Å². The molecular weight excluding hydrogens is 267 g/mol. The lowest BCUT2D eigenvalue weighted by atomic mass is 10.2. The maximum Gasteiger partial charge on any atom is 0.235 e. The number of benzene rings is 1. The fourth-order valence-electron chi connectivity index (χ4n) is 1.99. The third-order valence-electron chi connectivity index (χ3n) is 2.92. The van der Waals surface area contributed by atoms with Crippen LogP contribution in [0.2, 0.25) is 0 Å². The lowest BCUT2D eigenvalue weighted by Crippen LogP contribution is -2.37. The van der Waals surface area contributed by atoms with Crippen LogP contribution in [0.1, 0.15) is 18.4 Å². The van der Waals surface area contributed by atoms with Crippen molar-refractivity contribution in [3.63, 3.8) is 0 Å². The Balaban J connectivity index is 2.34. The Morgan fingerprint density at radius 3 is 2.79 bits per heavy atom. The van der Waals surface area contributed by atoms with E-state index in [-0.39, 0.29) is 17.9 Å². The summed E-state index contributed by atoms with van der Waals surface area (Å²) in [5.74, 6) is 4.76. The van der Waals surface area contributed by atoms with Gasteiger partial charge < -0.3 is 5.73 Å². The minimum absolute atomic E-state index is 0.114. The zero-order valence-corrected chi connectivity index (χ0v) is 11.2. The molecule has 0 spiro atoms. The number of anilines is 1. The summed E-state index contributed by atoms with van der Waals surface area (Å²) >= 11 is 0. The molecular formula is C13H15FN2O2S. The summed E-state index contributed by atoms with van der Waals surface area (Å²) < 4.78 is 38.9. The van der Waals surface area contributed by atoms with Crippen LogP contribution in [0.4, 0.5) is 10.1 Å².